The summed E-state index contributed by atoms with van der Waals surface area (Å²) in [5.74, 6) is 1.30. The Hall–Kier alpha value is -1.23. The Balaban J connectivity index is 1.84. The molecule has 2 aromatic heterocycles. The van der Waals surface area contributed by atoms with Gasteiger partial charge in [-0.15, -0.1) is 0 Å². The lowest BCUT2D eigenvalue weighted by molar-refractivity contribution is 0.661. The normalized spacial score (nSPS) is 20.8. The van der Waals surface area contributed by atoms with Gasteiger partial charge in [0.1, 0.15) is 0 Å². The number of rotatable bonds is 2. The summed E-state index contributed by atoms with van der Waals surface area (Å²) in [5, 5.41) is 5.04. The summed E-state index contributed by atoms with van der Waals surface area (Å²) in [5.41, 5.74) is 8.53. The van der Waals surface area contributed by atoms with Crippen molar-refractivity contribution in [2.45, 2.75) is 30.9 Å². The first-order valence-electron chi connectivity index (χ1n) is 6.02. The Kier molecular flexibility index (Phi) is 2.93. The summed E-state index contributed by atoms with van der Waals surface area (Å²) in [4.78, 5) is 4.37. The number of nitrogen functional groups attached to an aromatic ring is 1. The first-order valence-corrected chi connectivity index (χ1v) is 7.07. The highest BCUT2D eigenvalue weighted by atomic mass is 32.2. The van der Waals surface area contributed by atoms with E-state index in [2.05, 4.69) is 21.8 Å². The monoisotopic (exact) mass is 248 g/mol. The molecule has 17 heavy (non-hydrogen) atoms. The van der Waals surface area contributed by atoms with Crippen LogP contribution < -0.4 is 5.73 Å². The predicted molar refractivity (Wildman–Crippen MR) is 71.2 cm³/mol. The molecule has 0 amide bonds. The van der Waals surface area contributed by atoms with E-state index in [0.717, 1.165) is 17.3 Å². The van der Waals surface area contributed by atoms with Gasteiger partial charge in [0.2, 0.25) is 0 Å². The first kappa shape index (κ1) is 10.9. The molecule has 0 aromatic carbocycles. The Morgan fingerprint density at radius 2 is 2.35 bits per heavy atom. The van der Waals surface area contributed by atoms with Gasteiger partial charge in [-0.2, -0.15) is 16.9 Å². The fraction of sp³-hybridized carbons (Fsp3) is 0.500. The number of anilines is 1. The molecule has 2 aromatic rings. The van der Waals surface area contributed by atoms with Crippen LogP contribution in [0.25, 0.3) is 5.65 Å². The number of nitrogens with two attached hydrogens (primary N) is 1. The van der Waals surface area contributed by atoms with Crippen molar-refractivity contribution in [3.63, 3.8) is 0 Å². The van der Waals surface area contributed by atoms with Gasteiger partial charge >= 0.3 is 0 Å². The summed E-state index contributed by atoms with van der Waals surface area (Å²) >= 11 is 2.08. The van der Waals surface area contributed by atoms with Gasteiger partial charge in [0.05, 0.1) is 24.3 Å². The third-order valence-corrected chi connectivity index (χ3v) is 4.57. The van der Waals surface area contributed by atoms with Crippen LogP contribution in [0.2, 0.25) is 0 Å². The fourth-order valence-corrected chi connectivity index (χ4v) is 3.63. The summed E-state index contributed by atoms with van der Waals surface area (Å²) in [6.45, 7) is 0. The zero-order chi connectivity index (χ0) is 11.7. The smallest absolute Gasteiger partial charge is 0.158 e. The van der Waals surface area contributed by atoms with E-state index in [1.54, 1.807) is 10.7 Å². The maximum atomic E-state index is 5.69. The summed E-state index contributed by atoms with van der Waals surface area (Å²) in [6, 6.07) is 0. The minimum absolute atomic E-state index is 0.652. The Bertz CT molecular complexity index is 516. The lowest BCUT2D eigenvalue weighted by Gasteiger charge is -2.20. The van der Waals surface area contributed by atoms with E-state index in [4.69, 9.17) is 5.73 Å². The Morgan fingerprint density at radius 3 is 3.18 bits per heavy atom. The van der Waals surface area contributed by atoms with Crippen LogP contribution in [0.3, 0.4) is 0 Å². The lowest BCUT2D eigenvalue weighted by atomic mass is 10.1. The number of hydrogen-bond donors (Lipinski definition) is 1. The third kappa shape index (κ3) is 2.24. The fourth-order valence-electron chi connectivity index (χ4n) is 2.30. The molecular formula is C12H16N4S. The largest absolute Gasteiger partial charge is 0.396 e. The molecule has 0 bridgehead atoms. The van der Waals surface area contributed by atoms with E-state index in [1.807, 2.05) is 12.4 Å². The quantitative estimate of drug-likeness (QED) is 0.884. The van der Waals surface area contributed by atoms with Gasteiger partial charge in [-0.3, -0.25) is 0 Å². The van der Waals surface area contributed by atoms with Crippen LogP contribution in [-0.2, 0) is 6.42 Å². The first-order chi connectivity index (χ1) is 8.33. The van der Waals surface area contributed by atoms with Gasteiger partial charge in [0.25, 0.3) is 0 Å². The molecule has 1 atom stereocenters. The molecule has 3 heterocycles. The van der Waals surface area contributed by atoms with Crippen LogP contribution in [0, 0.1) is 0 Å². The van der Waals surface area contributed by atoms with Crippen molar-refractivity contribution in [3.05, 3.63) is 24.2 Å². The molecule has 1 aliphatic rings. The van der Waals surface area contributed by atoms with Crippen LogP contribution >= 0.6 is 11.8 Å². The number of thioether (sulfide) groups is 1. The maximum absolute atomic E-state index is 5.69. The van der Waals surface area contributed by atoms with Crippen LogP contribution in [0.15, 0.2) is 18.6 Å². The van der Waals surface area contributed by atoms with E-state index >= 15 is 0 Å². The molecule has 3 rings (SSSR count). The van der Waals surface area contributed by atoms with E-state index in [-0.39, 0.29) is 0 Å². The highest BCUT2D eigenvalue weighted by molar-refractivity contribution is 7.99. The van der Waals surface area contributed by atoms with Crippen molar-refractivity contribution >= 4 is 23.1 Å². The zero-order valence-corrected chi connectivity index (χ0v) is 10.5. The molecule has 0 aliphatic carbocycles. The number of aromatic nitrogens is 3. The Morgan fingerprint density at radius 1 is 1.41 bits per heavy atom. The van der Waals surface area contributed by atoms with Gasteiger partial charge in [-0.1, -0.05) is 6.42 Å². The van der Waals surface area contributed by atoms with Gasteiger partial charge in [-0.25, -0.2) is 9.50 Å². The maximum Gasteiger partial charge on any atom is 0.158 e. The molecule has 1 fully saturated rings. The van der Waals surface area contributed by atoms with E-state index in [0.29, 0.717) is 5.69 Å². The minimum atomic E-state index is 0.652. The van der Waals surface area contributed by atoms with Crippen molar-refractivity contribution in [1.29, 1.82) is 0 Å². The van der Waals surface area contributed by atoms with Crippen molar-refractivity contribution in [3.8, 4) is 0 Å². The van der Waals surface area contributed by atoms with Gasteiger partial charge in [-0.05, 0) is 25.0 Å². The second-order valence-corrected chi connectivity index (χ2v) is 5.93. The van der Waals surface area contributed by atoms with Crippen molar-refractivity contribution < 1.29 is 0 Å². The molecule has 90 valence electrons. The SMILES string of the molecule is Nc1cnc2c(CC3CCCCS3)cnn2c1. The van der Waals surface area contributed by atoms with E-state index in [9.17, 15) is 0 Å². The van der Waals surface area contributed by atoms with Crippen molar-refractivity contribution in [1.82, 2.24) is 14.6 Å². The molecule has 1 saturated heterocycles. The van der Waals surface area contributed by atoms with Crippen LogP contribution in [0.4, 0.5) is 5.69 Å². The molecule has 2 N–H and O–H groups in total. The molecular weight excluding hydrogens is 232 g/mol. The second-order valence-electron chi connectivity index (χ2n) is 4.52. The highest BCUT2D eigenvalue weighted by Gasteiger charge is 2.17. The molecule has 0 saturated carbocycles. The third-order valence-electron chi connectivity index (χ3n) is 3.17. The van der Waals surface area contributed by atoms with Crippen molar-refractivity contribution in [2.75, 3.05) is 11.5 Å². The van der Waals surface area contributed by atoms with E-state index < -0.39 is 0 Å². The molecule has 4 nitrogen and oxygen atoms in total. The molecule has 1 aliphatic heterocycles. The molecule has 0 spiro atoms. The molecule has 1 unspecified atom stereocenters. The van der Waals surface area contributed by atoms with E-state index in [1.165, 1.54) is 30.6 Å². The minimum Gasteiger partial charge on any atom is -0.396 e. The highest BCUT2D eigenvalue weighted by Crippen LogP contribution is 2.28. The lowest BCUT2D eigenvalue weighted by Crippen LogP contribution is -2.12. The average Bonchev–Trinajstić information content (AvgIpc) is 2.73. The van der Waals surface area contributed by atoms with Gasteiger partial charge < -0.3 is 5.73 Å². The summed E-state index contributed by atoms with van der Waals surface area (Å²) in [7, 11) is 0. The summed E-state index contributed by atoms with van der Waals surface area (Å²) < 4.78 is 1.78. The Labute approximate surface area is 105 Å². The predicted octanol–water partition coefficient (Wildman–Crippen LogP) is 2.14. The second kappa shape index (κ2) is 4.56. The number of hydrogen-bond acceptors (Lipinski definition) is 4. The number of fused-ring (bicyclic) bond motifs is 1. The van der Waals surface area contributed by atoms with Crippen LogP contribution in [-0.4, -0.2) is 25.6 Å². The molecule has 0 radical (unpaired) electrons. The van der Waals surface area contributed by atoms with Crippen molar-refractivity contribution in [2.24, 2.45) is 0 Å². The summed E-state index contributed by atoms with van der Waals surface area (Å²) in [6.07, 6.45) is 10.6. The van der Waals surface area contributed by atoms with Crippen LogP contribution in [0.5, 0.6) is 0 Å². The molecule has 5 heteroatoms. The number of nitrogens with zero attached hydrogens (tertiary/aromatic N) is 3. The zero-order valence-electron chi connectivity index (χ0n) is 9.67. The van der Waals surface area contributed by atoms with Crippen LogP contribution in [0.1, 0.15) is 24.8 Å². The standard InChI is InChI=1S/C12H16N4S/c13-10-7-14-12-9(6-15-16(12)8-10)5-11-3-1-2-4-17-11/h6-8,11H,1-5,13H2. The average molecular weight is 248 g/mol. The van der Waals surface area contributed by atoms with Gasteiger partial charge in [0.15, 0.2) is 5.65 Å². The van der Waals surface area contributed by atoms with Gasteiger partial charge in [0, 0.05) is 10.8 Å². The topological polar surface area (TPSA) is 56.2 Å².